The highest BCUT2D eigenvalue weighted by Crippen LogP contribution is 2.57. The van der Waals surface area contributed by atoms with Gasteiger partial charge in [-0.05, 0) is 46.0 Å². The number of carbonyl (C=O) groups excluding carboxylic acids is 2. The molecular weight excluding hydrogens is 280 g/mol. The SMILES string of the molecule is CCO[C@@H]1C[C@@H](NC(=O)[C@H](C)NC(=O)C2CCC2)C12CCC2. The maximum atomic E-state index is 12.3. The molecule has 1 spiro atoms. The van der Waals surface area contributed by atoms with Crippen molar-refractivity contribution < 1.29 is 14.3 Å². The highest BCUT2D eigenvalue weighted by molar-refractivity contribution is 5.88. The van der Waals surface area contributed by atoms with Gasteiger partial charge in [0.2, 0.25) is 11.8 Å². The summed E-state index contributed by atoms with van der Waals surface area (Å²) in [4.78, 5) is 24.3. The summed E-state index contributed by atoms with van der Waals surface area (Å²) in [5.41, 5.74) is 0.170. The largest absolute Gasteiger partial charge is 0.378 e. The van der Waals surface area contributed by atoms with Crippen LogP contribution in [-0.4, -0.2) is 36.6 Å². The zero-order valence-corrected chi connectivity index (χ0v) is 13.7. The predicted octanol–water partition coefficient (Wildman–Crippen LogP) is 1.76. The molecule has 0 unspecified atom stereocenters. The highest BCUT2D eigenvalue weighted by Gasteiger charge is 2.59. The minimum Gasteiger partial charge on any atom is -0.378 e. The number of carbonyl (C=O) groups is 2. The Bertz CT molecular complexity index is 443. The van der Waals surface area contributed by atoms with Gasteiger partial charge in [0.15, 0.2) is 0 Å². The van der Waals surface area contributed by atoms with E-state index in [1.54, 1.807) is 6.92 Å². The molecule has 2 amide bonds. The van der Waals surface area contributed by atoms with Crippen molar-refractivity contribution in [3.8, 4) is 0 Å². The number of hydrogen-bond acceptors (Lipinski definition) is 3. The van der Waals surface area contributed by atoms with Crippen molar-refractivity contribution in [2.45, 2.75) is 77.0 Å². The Morgan fingerprint density at radius 3 is 2.50 bits per heavy atom. The van der Waals surface area contributed by atoms with E-state index in [1.165, 1.54) is 6.42 Å². The lowest BCUT2D eigenvalue weighted by atomic mass is 9.51. The third-order valence-electron chi connectivity index (χ3n) is 5.98. The molecule has 0 saturated heterocycles. The molecule has 3 aliphatic rings. The molecule has 0 aromatic rings. The fourth-order valence-electron chi connectivity index (χ4n) is 4.00. The van der Waals surface area contributed by atoms with Gasteiger partial charge >= 0.3 is 0 Å². The Kier molecular flexibility index (Phi) is 4.44. The van der Waals surface area contributed by atoms with E-state index in [9.17, 15) is 9.59 Å². The first-order chi connectivity index (χ1) is 10.6. The molecule has 3 fully saturated rings. The molecule has 0 aromatic heterocycles. The molecule has 0 heterocycles. The molecule has 0 aliphatic heterocycles. The second kappa shape index (κ2) is 6.19. The number of ether oxygens (including phenoxy) is 1. The summed E-state index contributed by atoms with van der Waals surface area (Å²) < 4.78 is 5.80. The van der Waals surface area contributed by atoms with Gasteiger partial charge in [0.25, 0.3) is 0 Å². The Labute approximate surface area is 132 Å². The van der Waals surface area contributed by atoms with Gasteiger partial charge in [0.1, 0.15) is 6.04 Å². The summed E-state index contributed by atoms with van der Waals surface area (Å²) in [6.45, 7) is 4.54. The van der Waals surface area contributed by atoms with Crippen LogP contribution in [0.1, 0.15) is 58.8 Å². The summed E-state index contributed by atoms with van der Waals surface area (Å²) >= 11 is 0. The van der Waals surface area contributed by atoms with E-state index in [4.69, 9.17) is 4.74 Å². The zero-order chi connectivity index (χ0) is 15.7. The molecule has 0 bridgehead atoms. The standard InChI is InChI=1S/C17H28N2O3/c1-3-22-14-10-13(17(14)8-5-9-17)19-15(20)11(2)18-16(21)12-6-4-7-12/h11-14H,3-10H2,1-2H3,(H,18,21)(H,19,20)/t11-,13+,14+/m0/s1. The van der Waals surface area contributed by atoms with Gasteiger partial charge in [-0.1, -0.05) is 12.8 Å². The van der Waals surface area contributed by atoms with E-state index in [2.05, 4.69) is 10.6 Å². The van der Waals surface area contributed by atoms with Gasteiger partial charge in [-0.3, -0.25) is 9.59 Å². The normalized spacial score (nSPS) is 30.6. The maximum absolute atomic E-state index is 12.3. The average molecular weight is 308 g/mol. The molecule has 2 N–H and O–H groups in total. The van der Waals surface area contributed by atoms with Crippen molar-refractivity contribution in [3.05, 3.63) is 0 Å². The molecule has 0 aromatic carbocycles. The van der Waals surface area contributed by atoms with Crippen LogP contribution in [0, 0.1) is 11.3 Å². The second-order valence-electron chi connectivity index (χ2n) is 7.19. The summed E-state index contributed by atoms with van der Waals surface area (Å²) in [5.74, 6) is 0.103. The van der Waals surface area contributed by atoms with Crippen LogP contribution < -0.4 is 10.6 Å². The average Bonchev–Trinajstić information content (AvgIpc) is 2.32. The third kappa shape index (κ3) is 2.64. The summed E-state index contributed by atoms with van der Waals surface area (Å²) in [6.07, 6.45) is 7.77. The van der Waals surface area contributed by atoms with E-state index >= 15 is 0 Å². The van der Waals surface area contributed by atoms with E-state index < -0.39 is 6.04 Å². The maximum Gasteiger partial charge on any atom is 0.242 e. The Morgan fingerprint density at radius 1 is 1.27 bits per heavy atom. The summed E-state index contributed by atoms with van der Waals surface area (Å²) in [5, 5.41) is 6.00. The van der Waals surface area contributed by atoms with Crippen molar-refractivity contribution in [2.24, 2.45) is 11.3 Å². The minimum absolute atomic E-state index is 0.0352. The molecule has 3 saturated carbocycles. The fourth-order valence-corrected chi connectivity index (χ4v) is 4.00. The van der Waals surface area contributed by atoms with E-state index in [-0.39, 0.29) is 29.2 Å². The highest BCUT2D eigenvalue weighted by atomic mass is 16.5. The second-order valence-corrected chi connectivity index (χ2v) is 7.19. The van der Waals surface area contributed by atoms with Crippen molar-refractivity contribution in [1.29, 1.82) is 0 Å². The lowest BCUT2D eigenvalue weighted by Crippen LogP contribution is -2.68. The smallest absolute Gasteiger partial charge is 0.242 e. The quantitative estimate of drug-likeness (QED) is 0.785. The number of nitrogens with one attached hydrogen (secondary N) is 2. The number of hydrogen-bond donors (Lipinski definition) is 2. The lowest BCUT2D eigenvalue weighted by molar-refractivity contribution is -0.176. The molecule has 5 nitrogen and oxygen atoms in total. The van der Waals surface area contributed by atoms with E-state index in [0.717, 1.165) is 45.1 Å². The van der Waals surface area contributed by atoms with Crippen LogP contribution in [0.15, 0.2) is 0 Å². The Balaban J connectivity index is 1.48. The molecule has 124 valence electrons. The number of rotatable bonds is 6. The topological polar surface area (TPSA) is 67.4 Å². The molecule has 3 aliphatic carbocycles. The molecular formula is C17H28N2O3. The van der Waals surface area contributed by atoms with Crippen molar-refractivity contribution in [2.75, 3.05) is 6.61 Å². The van der Waals surface area contributed by atoms with Crippen LogP contribution in [0.2, 0.25) is 0 Å². The first-order valence-corrected chi connectivity index (χ1v) is 8.79. The van der Waals surface area contributed by atoms with Crippen molar-refractivity contribution in [1.82, 2.24) is 10.6 Å². The van der Waals surface area contributed by atoms with Crippen molar-refractivity contribution in [3.63, 3.8) is 0 Å². The summed E-state index contributed by atoms with van der Waals surface area (Å²) in [6, 6.07) is -0.232. The van der Waals surface area contributed by atoms with Crippen molar-refractivity contribution >= 4 is 11.8 Å². The van der Waals surface area contributed by atoms with Crippen LogP contribution in [0.4, 0.5) is 0 Å². The first-order valence-electron chi connectivity index (χ1n) is 8.79. The van der Waals surface area contributed by atoms with Crippen LogP contribution in [0.5, 0.6) is 0 Å². The predicted molar refractivity (Wildman–Crippen MR) is 83.2 cm³/mol. The molecule has 0 radical (unpaired) electrons. The molecule has 22 heavy (non-hydrogen) atoms. The van der Waals surface area contributed by atoms with E-state index in [0.29, 0.717) is 6.10 Å². The van der Waals surface area contributed by atoms with Gasteiger partial charge < -0.3 is 15.4 Å². The van der Waals surface area contributed by atoms with Crippen LogP contribution in [-0.2, 0) is 14.3 Å². The van der Waals surface area contributed by atoms with Gasteiger partial charge in [-0.2, -0.15) is 0 Å². The van der Waals surface area contributed by atoms with Crippen LogP contribution in [0.3, 0.4) is 0 Å². The van der Waals surface area contributed by atoms with Gasteiger partial charge in [0.05, 0.1) is 6.10 Å². The zero-order valence-electron chi connectivity index (χ0n) is 13.7. The van der Waals surface area contributed by atoms with Gasteiger partial charge in [-0.25, -0.2) is 0 Å². The Morgan fingerprint density at radius 2 is 2.00 bits per heavy atom. The molecule has 3 atom stereocenters. The van der Waals surface area contributed by atoms with E-state index in [1.807, 2.05) is 6.92 Å². The molecule has 5 heteroatoms. The molecule has 3 rings (SSSR count). The minimum atomic E-state index is -0.448. The lowest BCUT2D eigenvalue weighted by Gasteiger charge is -2.61. The monoisotopic (exact) mass is 308 g/mol. The summed E-state index contributed by atoms with van der Waals surface area (Å²) in [7, 11) is 0. The third-order valence-corrected chi connectivity index (χ3v) is 5.98. The first kappa shape index (κ1) is 15.8. The van der Waals surface area contributed by atoms with Gasteiger partial charge in [-0.15, -0.1) is 0 Å². The van der Waals surface area contributed by atoms with Crippen LogP contribution in [0.25, 0.3) is 0 Å². The fraction of sp³-hybridized carbons (Fsp3) is 0.882. The number of amides is 2. The van der Waals surface area contributed by atoms with Crippen LogP contribution >= 0.6 is 0 Å². The van der Waals surface area contributed by atoms with Gasteiger partial charge in [0, 0.05) is 24.0 Å². The Hall–Kier alpha value is -1.10.